The molecule has 1 aliphatic carbocycles. The number of fused-ring (bicyclic) bond motifs is 3. The van der Waals surface area contributed by atoms with Crippen LogP contribution in [-0.2, 0) is 14.3 Å². The van der Waals surface area contributed by atoms with Crippen molar-refractivity contribution in [1.29, 1.82) is 0 Å². The zero-order valence-electron chi connectivity index (χ0n) is 20.0. The monoisotopic (exact) mass is 466 g/mol. The fourth-order valence-corrected chi connectivity index (χ4v) is 4.55. The van der Waals surface area contributed by atoms with E-state index in [-0.39, 0.29) is 24.9 Å². The van der Waals surface area contributed by atoms with Crippen LogP contribution in [0.15, 0.2) is 48.5 Å². The van der Waals surface area contributed by atoms with Crippen LogP contribution in [0.3, 0.4) is 0 Å². The molecule has 0 fully saturated rings. The first-order chi connectivity index (χ1) is 16.3. The summed E-state index contributed by atoms with van der Waals surface area (Å²) in [7, 11) is 0. The molecule has 0 saturated carbocycles. The van der Waals surface area contributed by atoms with Gasteiger partial charge < -0.3 is 20.5 Å². The minimum atomic E-state index is -1.06. The number of carbonyl (C=O) groups is 3. The number of amides is 2. The normalized spacial score (nSPS) is 14.1. The summed E-state index contributed by atoms with van der Waals surface area (Å²) in [6.45, 7) is 5.96. The Hall–Kier alpha value is -3.35. The molecule has 2 aromatic rings. The van der Waals surface area contributed by atoms with Crippen molar-refractivity contribution < 1.29 is 24.2 Å². The van der Waals surface area contributed by atoms with Gasteiger partial charge in [0.05, 0.1) is 0 Å². The molecule has 0 aliphatic heterocycles. The Bertz CT molecular complexity index is 974. The maximum atomic E-state index is 12.6. The van der Waals surface area contributed by atoms with Crippen molar-refractivity contribution in [3.8, 4) is 11.1 Å². The van der Waals surface area contributed by atoms with E-state index in [1.165, 1.54) is 0 Å². The standard InChI is InChI=1S/C27H34N2O5/c1-4-9-18(15-25(30)29-24(26(31)32)14-17(2)3)28-27(33)34-16-23-21-12-7-5-10-19(21)20-11-6-8-13-22(20)23/h5-8,10-13,17-18,23-24H,4,9,14-16H2,1-3H3,(H,28,33)(H,29,30)(H,31,32)/t18-,24+/m0/s1. The largest absolute Gasteiger partial charge is 0.480 e. The molecule has 0 saturated heterocycles. The Morgan fingerprint density at radius 1 is 0.971 bits per heavy atom. The molecule has 0 unspecified atom stereocenters. The number of carbonyl (C=O) groups excluding carboxylic acids is 2. The number of nitrogens with one attached hydrogen (secondary N) is 2. The molecule has 2 amide bonds. The molecule has 34 heavy (non-hydrogen) atoms. The number of carboxylic acid groups (broad SMARTS) is 1. The molecular weight excluding hydrogens is 432 g/mol. The van der Waals surface area contributed by atoms with Crippen LogP contribution in [0.5, 0.6) is 0 Å². The molecule has 0 radical (unpaired) electrons. The van der Waals surface area contributed by atoms with Crippen LogP contribution < -0.4 is 10.6 Å². The third-order valence-corrected chi connectivity index (χ3v) is 6.08. The lowest BCUT2D eigenvalue weighted by Crippen LogP contribution is -2.45. The quantitative estimate of drug-likeness (QED) is 0.445. The number of benzene rings is 2. The van der Waals surface area contributed by atoms with E-state index in [1.807, 2.05) is 45.0 Å². The number of hydrogen-bond donors (Lipinski definition) is 3. The summed E-state index contributed by atoms with van der Waals surface area (Å²) in [6.07, 6.45) is 1.11. The Morgan fingerprint density at radius 3 is 2.09 bits per heavy atom. The molecule has 0 spiro atoms. The fourth-order valence-electron chi connectivity index (χ4n) is 4.55. The smallest absolute Gasteiger partial charge is 0.407 e. The number of rotatable bonds is 11. The van der Waals surface area contributed by atoms with Gasteiger partial charge in [-0.1, -0.05) is 75.7 Å². The molecule has 2 atom stereocenters. The highest BCUT2D eigenvalue weighted by Gasteiger charge is 2.29. The zero-order valence-corrected chi connectivity index (χ0v) is 20.0. The Labute approximate surface area is 200 Å². The number of carboxylic acids is 1. The van der Waals surface area contributed by atoms with Gasteiger partial charge in [0.25, 0.3) is 0 Å². The summed E-state index contributed by atoms with van der Waals surface area (Å²) < 4.78 is 5.59. The maximum Gasteiger partial charge on any atom is 0.407 e. The molecule has 182 valence electrons. The Balaban J connectivity index is 1.58. The summed E-state index contributed by atoms with van der Waals surface area (Å²) in [6, 6.07) is 14.9. The molecule has 2 aromatic carbocycles. The fraction of sp³-hybridized carbons (Fsp3) is 0.444. The van der Waals surface area contributed by atoms with E-state index in [9.17, 15) is 19.5 Å². The van der Waals surface area contributed by atoms with E-state index in [0.717, 1.165) is 28.7 Å². The van der Waals surface area contributed by atoms with Gasteiger partial charge in [-0.05, 0) is 41.0 Å². The molecule has 3 N–H and O–H groups in total. The van der Waals surface area contributed by atoms with E-state index in [1.54, 1.807) is 0 Å². The molecule has 0 aromatic heterocycles. The second kappa shape index (κ2) is 11.7. The van der Waals surface area contributed by atoms with Crippen molar-refractivity contribution in [2.45, 2.75) is 64.5 Å². The van der Waals surface area contributed by atoms with Gasteiger partial charge >= 0.3 is 12.1 Å². The van der Waals surface area contributed by atoms with Crippen LogP contribution in [0.4, 0.5) is 4.79 Å². The number of aliphatic carboxylic acids is 1. The van der Waals surface area contributed by atoms with Gasteiger partial charge in [-0.25, -0.2) is 9.59 Å². The van der Waals surface area contributed by atoms with Gasteiger partial charge in [0.15, 0.2) is 0 Å². The summed E-state index contributed by atoms with van der Waals surface area (Å²) in [5.74, 6) is -1.37. The SMILES string of the molecule is CCC[C@@H](CC(=O)N[C@H](CC(C)C)C(=O)O)NC(=O)OCC1c2ccccc2-c2ccccc21. The summed E-state index contributed by atoms with van der Waals surface area (Å²) in [4.78, 5) is 36.5. The van der Waals surface area contributed by atoms with Crippen molar-refractivity contribution >= 4 is 18.0 Å². The third-order valence-electron chi connectivity index (χ3n) is 6.08. The van der Waals surface area contributed by atoms with Crippen LogP contribution in [0, 0.1) is 5.92 Å². The molecule has 7 heteroatoms. The summed E-state index contributed by atoms with van der Waals surface area (Å²) >= 11 is 0. The first-order valence-electron chi connectivity index (χ1n) is 11.9. The number of ether oxygens (including phenoxy) is 1. The van der Waals surface area contributed by atoms with Crippen molar-refractivity contribution in [3.63, 3.8) is 0 Å². The van der Waals surface area contributed by atoms with Crippen LogP contribution >= 0.6 is 0 Å². The van der Waals surface area contributed by atoms with Crippen LogP contribution in [0.25, 0.3) is 11.1 Å². The number of alkyl carbamates (subject to hydrolysis) is 1. The maximum absolute atomic E-state index is 12.6. The predicted molar refractivity (Wildman–Crippen MR) is 131 cm³/mol. The van der Waals surface area contributed by atoms with Gasteiger partial charge in [-0.2, -0.15) is 0 Å². The minimum Gasteiger partial charge on any atom is -0.480 e. The van der Waals surface area contributed by atoms with Gasteiger partial charge in [0.1, 0.15) is 12.6 Å². The highest BCUT2D eigenvalue weighted by atomic mass is 16.5. The average Bonchev–Trinajstić information content (AvgIpc) is 3.11. The predicted octanol–water partition coefficient (Wildman–Crippen LogP) is 4.70. The van der Waals surface area contributed by atoms with Gasteiger partial charge in [-0.15, -0.1) is 0 Å². The van der Waals surface area contributed by atoms with Gasteiger partial charge in [-0.3, -0.25) is 4.79 Å². The van der Waals surface area contributed by atoms with E-state index >= 15 is 0 Å². The summed E-state index contributed by atoms with van der Waals surface area (Å²) in [5.41, 5.74) is 4.57. The van der Waals surface area contributed by atoms with Crippen LogP contribution in [0.2, 0.25) is 0 Å². The van der Waals surface area contributed by atoms with E-state index < -0.39 is 30.1 Å². The average molecular weight is 467 g/mol. The number of hydrogen-bond acceptors (Lipinski definition) is 4. The molecule has 1 aliphatic rings. The summed E-state index contributed by atoms with van der Waals surface area (Å²) in [5, 5.41) is 14.7. The Morgan fingerprint density at radius 2 is 1.56 bits per heavy atom. The van der Waals surface area contributed by atoms with E-state index in [4.69, 9.17) is 4.74 Å². The highest BCUT2D eigenvalue weighted by Crippen LogP contribution is 2.44. The lowest BCUT2D eigenvalue weighted by Gasteiger charge is -2.21. The van der Waals surface area contributed by atoms with Crippen molar-refractivity contribution in [2.24, 2.45) is 5.92 Å². The third kappa shape index (κ3) is 6.37. The van der Waals surface area contributed by atoms with Crippen LogP contribution in [0.1, 0.15) is 63.5 Å². The van der Waals surface area contributed by atoms with Gasteiger partial charge in [0.2, 0.25) is 5.91 Å². The molecule has 0 heterocycles. The molecule has 7 nitrogen and oxygen atoms in total. The molecule has 3 rings (SSSR count). The highest BCUT2D eigenvalue weighted by molar-refractivity contribution is 5.84. The second-order valence-corrected chi connectivity index (χ2v) is 9.25. The molecular formula is C27H34N2O5. The van der Waals surface area contributed by atoms with E-state index in [0.29, 0.717) is 12.8 Å². The van der Waals surface area contributed by atoms with Gasteiger partial charge in [0, 0.05) is 18.4 Å². The molecule has 0 bridgehead atoms. The minimum absolute atomic E-state index is 0.0000887. The lowest BCUT2D eigenvalue weighted by molar-refractivity contribution is -0.142. The zero-order chi connectivity index (χ0) is 24.7. The van der Waals surface area contributed by atoms with E-state index in [2.05, 4.69) is 34.9 Å². The van der Waals surface area contributed by atoms with Crippen LogP contribution in [-0.4, -0.2) is 41.8 Å². The first kappa shape index (κ1) is 25.3. The lowest BCUT2D eigenvalue weighted by atomic mass is 9.98. The van der Waals surface area contributed by atoms with Crippen molar-refractivity contribution in [3.05, 3.63) is 59.7 Å². The van der Waals surface area contributed by atoms with Crippen molar-refractivity contribution in [2.75, 3.05) is 6.61 Å². The second-order valence-electron chi connectivity index (χ2n) is 9.25. The van der Waals surface area contributed by atoms with Crippen molar-refractivity contribution in [1.82, 2.24) is 10.6 Å². The topological polar surface area (TPSA) is 105 Å². The Kier molecular flexibility index (Phi) is 8.68. The first-order valence-corrected chi connectivity index (χ1v) is 11.9.